The summed E-state index contributed by atoms with van der Waals surface area (Å²) in [7, 11) is 0. The molecule has 17 heavy (non-hydrogen) atoms. The van der Waals surface area contributed by atoms with E-state index in [9.17, 15) is 4.79 Å². The molecule has 1 N–H and O–H groups in total. The molecular formula is C14H16N2O. The largest absolute Gasteiger partial charge is 0.340 e. The molecule has 0 bridgehead atoms. The minimum atomic E-state index is -0.299. The van der Waals surface area contributed by atoms with Gasteiger partial charge in [-0.1, -0.05) is 29.8 Å². The molecule has 0 spiro atoms. The van der Waals surface area contributed by atoms with Gasteiger partial charge in [-0.05, 0) is 31.2 Å². The highest BCUT2D eigenvalue weighted by Gasteiger charge is 2.32. The fourth-order valence-electron chi connectivity index (χ4n) is 1.92. The first kappa shape index (κ1) is 11.7. The summed E-state index contributed by atoms with van der Waals surface area (Å²) in [6.45, 7) is 2.00. The van der Waals surface area contributed by atoms with E-state index in [2.05, 4.69) is 11.4 Å². The van der Waals surface area contributed by atoms with Crippen LogP contribution in [0.3, 0.4) is 0 Å². The van der Waals surface area contributed by atoms with Crippen molar-refractivity contribution in [3.63, 3.8) is 0 Å². The lowest BCUT2D eigenvalue weighted by molar-refractivity contribution is -0.120. The Balaban J connectivity index is 1.90. The standard InChI is InChI=1S/C14H16N2O/c1-10-3-2-4-11(7-10)8-14(17)16-13(9-15)12-5-6-12/h2-4,7,12-13H,5-6,8H2,1H3,(H,16,17). The molecule has 1 amide bonds. The van der Waals surface area contributed by atoms with Crippen LogP contribution < -0.4 is 5.32 Å². The Labute approximate surface area is 101 Å². The Morgan fingerprint density at radius 3 is 2.94 bits per heavy atom. The molecule has 1 atom stereocenters. The summed E-state index contributed by atoms with van der Waals surface area (Å²) in [5.41, 5.74) is 2.14. The van der Waals surface area contributed by atoms with Gasteiger partial charge in [-0.15, -0.1) is 0 Å². The second-order valence-corrected chi connectivity index (χ2v) is 4.68. The second kappa shape index (κ2) is 5.01. The number of carbonyl (C=O) groups excluding carboxylic acids is 1. The molecule has 1 saturated carbocycles. The van der Waals surface area contributed by atoms with Gasteiger partial charge in [0.1, 0.15) is 6.04 Å². The van der Waals surface area contributed by atoms with Crippen molar-refractivity contribution in [1.29, 1.82) is 5.26 Å². The van der Waals surface area contributed by atoms with E-state index in [1.54, 1.807) is 0 Å². The SMILES string of the molecule is Cc1cccc(CC(=O)NC(C#N)C2CC2)c1. The van der Waals surface area contributed by atoms with Crippen molar-refractivity contribution in [3.8, 4) is 6.07 Å². The summed E-state index contributed by atoms with van der Waals surface area (Å²) in [4.78, 5) is 11.8. The number of benzene rings is 1. The second-order valence-electron chi connectivity index (χ2n) is 4.68. The number of nitrogens with zero attached hydrogens (tertiary/aromatic N) is 1. The lowest BCUT2D eigenvalue weighted by atomic mass is 10.1. The van der Waals surface area contributed by atoms with Crippen molar-refractivity contribution < 1.29 is 4.79 Å². The van der Waals surface area contributed by atoms with E-state index in [0.29, 0.717) is 12.3 Å². The third-order valence-corrected chi connectivity index (χ3v) is 3.00. The van der Waals surface area contributed by atoms with Gasteiger partial charge < -0.3 is 5.32 Å². The first-order chi connectivity index (χ1) is 8.19. The maximum absolute atomic E-state index is 11.8. The molecule has 3 nitrogen and oxygen atoms in total. The van der Waals surface area contributed by atoms with Crippen LogP contribution in [0.4, 0.5) is 0 Å². The highest BCUT2D eigenvalue weighted by Crippen LogP contribution is 2.32. The summed E-state index contributed by atoms with van der Waals surface area (Å²) in [5, 5.41) is 11.7. The molecule has 0 aliphatic heterocycles. The predicted molar refractivity (Wildman–Crippen MR) is 65.2 cm³/mol. The van der Waals surface area contributed by atoms with Gasteiger partial charge in [-0.2, -0.15) is 5.26 Å². The molecule has 0 radical (unpaired) electrons. The van der Waals surface area contributed by atoms with E-state index in [4.69, 9.17) is 5.26 Å². The van der Waals surface area contributed by atoms with Gasteiger partial charge in [0.25, 0.3) is 0 Å². The monoisotopic (exact) mass is 228 g/mol. The third kappa shape index (κ3) is 3.32. The smallest absolute Gasteiger partial charge is 0.225 e. The van der Waals surface area contributed by atoms with Gasteiger partial charge in [-0.25, -0.2) is 0 Å². The van der Waals surface area contributed by atoms with Crippen LogP contribution in [0.1, 0.15) is 24.0 Å². The zero-order chi connectivity index (χ0) is 12.3. The molecule has 0 heterocycles. The Morgan fingerprint density at radius 2 is 2.35 bits per heavy atom. The number of amides is 1. The van der Waals surface area contributed by atoms with Crippen LogP contribution in [0.25, 0.3) is 0 Å². The molecule has 2 rings (SSSR count). The van der Waals surface area contributed by atoms with Gasteiger partial charge in [0.05, 0.1) is 12.5 Å². The molecule has 1 unspecified atom stereocenters. The summed E-state index contributed by atoms with van der Waals surface area (Å²) < 4.78 is 0. The normalized spacial score (nSPS) is 16.0. The van der Waals surface area contributed by atoms with Crippen molar-refractivity contribution in [1.82, 2.24) is 5.32 Å². The first-order valence-corrected chi connectivity index (χ1v) is 5.93. The van der Waals surface area contributed by atoms with Crippen LogP contribution in [0.5, 0.6) is 0 Å². The van der Waals surface area contributed by atoms with Crippen molar-refractivity contribution in [2.75, 3.05) is 0 Å². The zero-order valence-electron chi connectivity index (χ0n) is 9.94. The Kier molecular flexibility index (Phi) is 3.43. The molecule has 1 aromatic rings. The lowest BCUT2D eigenvalue weighted by Gasteiger charge is -2.10. The number of nitriles is 1. The van der Waals surface area contributed by atoms with E-state index in [1.807, 2.05) is 31.2 Å². The van der Waals surface area contributed by atoms with Gasteiger partial charge in [-0.3, -0.25) is 4.79 Å². The molecule has 3 heteroatoms. The number of aryl methyl sites for hydroxylation is 1. The van der Waals surface area contributed by atoms with E-state index in [0.717, 1.165) is 24.0 Å². The summed E-state index contributed by atoms with van der Waals surface area (Å²) in [5.74, 6) is 0.315. The lowest BCUT2D eigenvalue weighted by Crippen LogP contribution is -2.36. The third-order valence-electron chi connectivity index (χ3n) is 3.00. The molecule has 88 valence electrons. The number of rotatable bonds is 4. The van der Waals surface area contributed by atoms with Crippen molar-refractivity contribution in [2.24, 2.45) is 5.92 Å². The Hall–Kier alpha value is -1.82. The van der Waals surface area contributed by atoms with Crippen molar-refractivity contribution in [2.45, 2.75) is 32.2 Å². The molecular weight excluding hydrogens is 212 g/mol. The highest BCUT2D eigenvalue weighted by molar-refractivity contribution is 5.79. The van der Waals surface area contributed by atoms with Crippen LogP contribution in [0, 0.1) is 24.2 Å². The maximum Gasteiger partial charge on any atom is 0.225 e. The zero-order valence-corrected chi connectivity index (χ0v) is 9.94. The summed E-state index contributed by atoms with van der Waals surface area (Å²) in [6.07, 6.45) is 2.47. The average molecular weight is 228 g/mol. The van der Waals surface area contributed by atoms with Crippen molar-refractivity contribution >= 4 is 5.91 Å². The molecule has 1 aliphatic rings. The topological polar surface area (TPSA) is 52.9 Å². The first-order valence-electron chi connectivity index (χ1n) is 5.93. The Bertz CT molecular complexity index is 458. The van der Waals surface area contributed by atoms with Gasteiger partial charge in [0.2, 0.25) is 5.91 Å². The average Bonchev–Trinajstić information content (AvgIpc) is 3.09. The maximum atomic E-state index is 11.8. The van der Waals surface area contributed by atoms with E-state index < -0.39 is 0 Å². The fourth-order valence-corrected chi connectivity index (χ4v) is 1.92. The molecule has 0 aromatic heterocycles. The summed E-state index contributed by atoms with van der Waals surface area (Å²) in [6, 6.07) is 9.74. The number of nitrogens with one attached hydrogen (secondary N) is 1. The van der Waals surface area contributed by atoms with Crippen LogP contribution >= 0.6 is 0 Å². The molecule has 1 fully saturated rings. The van der Waals surface area contributed by atoms with Gasteiger partial charge >= 0.3 is 0 Å². The molecule has 0 saturated heterocycles. The van der Waals surface area contributed by atoms with Crippen molar-refractivity contribution in [3.05, 3.63) is 35.4 Å². The number of hydrogen-bond donors (Lipinski definition) is 1. The van der Waals surface area contributed by atoms with E-state index in [1.165, 1.54) is 0 Å². The van der Waals surface area contributed by atoms with Crippen LogP contribution in [0.2, 0.25) is 0 Å². The van der Waals surface area contributed by atoms with Crippen LogP contribution in [0.15, 0.2) is 24.3 Å². The van der Waals surface area contributed by atoms with E-state index >= 15 is 0 Å². The number of carbonyl (C=O) groups is 1. The van der Waals surface area contributed by atoms with Crippen LogP contribution in [-0.4, -0.2) is 11.9 Å². The highest BCUT2D eigenvalue weighted by atomic mass is 16.1. The van der Waals surface area contributed by atoms with E-state index in [-0.39, 0.29) is 11.9 Å². The molecule has 1 aromatic carbocycles. The quantitative estimate of drug-likeness (QED) is 0.856. The van der Waals surface area contributed by atoms with Crippen LogP contribution in [-0.2, 0) is 11.2 Å². The fraction of sp³-hybridized carbons (Fsp3) is 0.429. The molecule has 1 aliphatic carbocycles. The van der Waals surface area contributed by atoms with Gasteiger partial charge in [0, 0.05) is 0 Å². The minimum absolute atomic E-state index is 0.0611. The Morgan fingerprint density at radius 1 is 1.59 bits per heavy atom. The predicted octanol–water partition coefficient (Wildman–Crippen LogP) is 1.96. The van der Waals surface area contributed by atoms with Gasteiger partial charge in [0.15, 0.2) is 0 Å². The minimum Gasteiger partial charge on any atom is -0.340 e. The summed E-state index contributed by atoms with van der Waals surface area (Å²) >= 11 is 0. The number of hydrogen-bond acceptors (Lipinski definition) is 2.